The molecular weight excluding hydrogens is 205 g/mol. The lowest BCUT2D eigenvalue weighted by Crippen LogP contribution is -2.08. The number of halogens is 1. The van der Waals surface area contributed by atoms with Crippen LogP contribution in [0.2, 0.25) is 0 Å². The molecule has 0 heterocycles. The molecule has 0 atom stereocenters. The van der Waals surface area contributed by atoms with E-state index in [9.17, 15) is 12.8 Å². The SMILES string of the molecule is CCS(=O)(=O)c1cc(CN)ccc1F. The van der Waals surface area contributed by atoms with Crippen LogP contribution in [0.1, 0.15) is 12.5 Å². The summed E-state index contributed by atoms with van der Waals surface area (Å²) in [4.78, 5) is -0.261. The molecule has 0 saturated heterocycles. The first-order valence-electron chi connectivity index (χ1n) is 4.22. The maximum Gasteiger partial charge on any atom is 0.181 e. The summed E-state index contributed by atoms with van der Waals surface area (Å²) in [5.41, 5.74) is 5.95. The Bertz CT molecular complexity index is 428. The molecule has 1 aromatic rings. The lowest BCUT2D eigenvalue weighted by atomic mass is 10.2. The Hall–Kier alpha value is -0.940. The summed E-state index contributed by atoms with van der Waals surface area (Å²) in [7, 11) is -3.49. The third kappa shape index (κ3) is 2.10. The molecule has 2 N–H and O–H groups in total. The molecule has 3 nitrogen and oxygen atoms in total. The van der Waals surface area contributed by atoms with Crippen molar-refractivity contribution in [3.05, 3.63) is 29.6 Å². The first-order valence-corrected chi connectivity index (χ1v) is 5.87. The highest BCUT2D eigenvalue weighted by atomic mass is 32.2. The van der Waals surface area contributed by atoms with E-state index in [1.165, 1.54) is 19.1 Å². The molecular formula is C9H12FNO2S. The molecule has 0 radical (unpaired) electrons. The molecule has 1 aromatic carbocycles. The number of benzene rings is 1. The minimum absolute atomic E-state index is 0.113. The van der Waals surface area contributed by atoms with Gasteiger partial charge in [0.25, 0.3) is 0 Å². The summed E-state index contributed by atoms with van der Waals surface area (Å²) < 4.78 is 36.0. The van der Waals surface area contributed by atoms with E-state index >= 15 is 0 Å². The van der Waals surface area contributed by atoms with Gasteiger partial charge in [0.1, 0.15) is 10.7 Å². The Labute approximate surface area is 82.7 Å². The van der Waals surface area contributed by atoms with E-state index in [4.69, 9.17) is 5.73 Å². The maximum atomic E-state index is 13.2. The Morgan fingerprint density at radius 1 is 1.43 bits per heavy atom. The van der Waals surface area contributed by atoms with Crippen LogP contribution >= 0.6 is 0 Å². The molecule has 78 valence electrons. The van der Waals surface area contributed by atoms with Crippen LogP contribution in [-0.2, 0) is 16.4 Å². The summed E-state index contributed by atoms with van der Waals surface area (Å²) in [6.07, 6.45) is 0. The van der Waals surface area contributed by atoms with Crippen LogP contribution in [0.5, 0.6) is 0 Å². The van der Waals surface area contributed by atoms with Crippen molar-refractivity contribution in [2.24, 2.45) is 5.73 Å². The highest BCUT2D eigenvalue weighted by Crippen LogP contribution is 2.17. The van der Waals surface area contributed by atoms with Crippen LogP contribution in [0.3, 0.4) is 0 Å². The predicted molar refractivity (Wildman–Crippen MR) is 52.0 cm³/mol. The monoisotopic (exact) mass is 217 g/mol. The average Bonchev–Trinajstić information content (AvgIpc) is 2.18. The molecule has 5 heteroatoms. The molecule has 14 heavy (non-hydrogen) atoms. The Balaban J connectivity index is 3.33. The summed E-state index contributed by atoms with van der Waals surface area (Å²) >= 11 is 0. The van der Waals surface area contributed by atoms with Gasteiger partial charge in [0.05, 0.1) is 5.75 Å². The zero-order chi connectivity index (χ0) is 10.8. The summed E-state index contributed by atoms with van der Waals surface area (Å²) in [6.45, 7) is 1.68. The normalized spacial score (nSPS) is 11.6. The van der Waals surface area contributed by atoms with Crippen molar-refractivity contribution in [3.63, 3.8) is 0 Å². The van der Waals surface area contributed by atoms with Crippen molar-refractivity contribution in [1.29, 1.82) is 0 Å². The van der Waals surface area contributed by atoms with Crippen LogP contribution < -0.4 is 5.73 Å². The first-order chi connectivity index (χ1) is 6.51. The Morgan fingerprint density at radius 2 is 2.07 bits per heavy atom. The quantitative estimate of drug-likeness (QED) is 0.824. The average molecular weight is 217 g/mol. The van der Waals surface area contributed by atoms with Gasteiger partial charge in [-0.15, -0.1) is 0 Å². The van der Waals surface area contributed by atoms with Crippen molar-refractivity contribution in [2.75, 3.05) is 5.75 Å². The zero-order valence-electron chi connectivity index (χ0n) is 7.83. The second kappa shape index (κ2) is 4.06. The second-order valence-electron chi connectivity index (χ2n) is 2.87. The standard InChI is InChI=1S/C9H12FNO2S/c1-2-14(12,13)9-5-7(6-11)3-4-8(9)10/h3-5H,2,6,11H2,1H3. The predicted octanol–water partition coefficient (Wildman–Crippen LogP) is 1.08. The highest BCUT2D eigenvalue weighted by Gasteiger charge is 2.16. The maximum absolute atomic E-state index is 13.2. The minimum Gasteiger partial charge on any atom is -0.326 e. The van der Waals surface area contributed by atoms with Crippen molar-refractivity contribution >= 4 is 9.84 Å². The van der Waals surface area contributed by atoms with Crippen LogP contribution in [0.15, 0.2) is 23.1 Å². The Morgan fingerprint density at radius 3 is 2.57 bits per heavy atom. The fourth-order valence-corrected chi connectivity index (χ4v) is 2.08. The number of rotatable bonds is 3. The van der Waals surface area contributed by atoms with E-state index in [1.807, 2.05) is 0 Å². The van der Waals surface area contributed by atoms with Gasteiger partial charge in [0.2, 0.25) is 0 Å². The van der Waals surface area contributed by atoms with Crippen LogP contribution in [0.25, 0.3) is 0 Å². The van der Waals surface area contributed by atoms with E-state index in [0.29, 0.717) is 5.56 Å². The number of sulfone groups is 1. The topological polar surface area (TPSA) is 60.2 Å². The van der Waals surface area contributed by atoms with Gasteiger partial charge >= 0.3 is 0 Å². The van der Waals surface area contributed by atoms with Crippen molar-refractivity contribution in [3.8, 4) is 0 Å². The van der Waals surface area contributed by atoms with Crippen LogP contribution in [0, 0.1) is 5.82 Å². The molecule has 0 aliphatic heterocycles. The fourth-order valence-electron chi connectivity index (χ4n) is 1.07. The molecule has 0 aliphatic rings. The largest absolute Gasteiger partial charge is 0.326 e. The van der Waals surface area contributed by atoms with Gasteiger partial charge in [-0.2, -0.15) is 0 Å². The molecule has 0 saturated carbocycles. The van der Waals surface area contributed by atoms with Crippen molar-refractivity contribution < 1.29 is 12.8 Å². The van der Waals surface area contributed by atoms with E-state index < -0.39 is 15.7 Å². The van der Waals surface area contributed by atoms with E-state index in [-0.39, 0.29) is 17.2 Å². The van der Waals surface area contributed by atoms with Gasteiger partial charge in [-0.1, -0.05) is 13.0 Å². The molecule has 0 fully saturated rings. The molecule has 1 rings (SSSR count). The lowest BCUT2D eigenvalue weighted by Gasteiger charge is -2.04. The van der Waals surface area contributed by atoms with Gasteiger partial charge in [-0.05, 0) is 17.7 Å². The Kier molecular flexibility index (Phi) is 3.23. The summed E-state index contributed by atoms with van der Waals surface area (Å²) in [5, 5.41) is 0. The van der Waals surface area contributed by atoms with Gasteiger partial charge in [0.15, 0.2) is 9.84 Å². The van der Waals surface area contributed by atoms with Gasteiger partial charge < -0.3 is 5.73 Å². The summed E-state index contributed by atoms with van der Waals surface area (Å²) in [6, 6.07) is 3.89. The molecule has 0 bridgehead atoms. The van der Waals surface area contributed by atoms with Gasteiger partial charge in [0, 0.05) is 6.54 Å². The second-order valence-corrected chi connectivity index (χ2v) is 5.12. The molecule has 0 amide bonds. The van der Waals surface area contributed by atoms with Gasteiger partial charge in [-0.3, -0.25) is 0 Å². The molecule has 0 unspecified atom stereocenters. The van der Waals surface area contributed by atoms with Gasteiger partial charge in [-0.25, -0.2) is 12.8 Å². The third-order valence-electron chi connectivity index (χ3n) is 1.95. The first kappa shape index (κ1) is 11.1. The van der Waals surface area contributed by atoms with E-state index in [2.05, 4.69) is 0 Å². The fraction of sp³-hybridized carbons (Fsp3) is 0.333. The zero-order valence-corrected chi connectivity index (χ0v) is 8.64. The lowest BCUT2D eigenvalue weighted by molar-refractivity contribution is 0.567. The molecule has 0 aromatic heterocycles. The van der Waals surface area contributed by atoms with Crippen molar-refractivity contribution in [2.45, 2.75) is 18.4 Å². The van der Waals surface area contributed by atoms with E-state index in [1.54, 1.807) is 0 Å². The minimum atomic E-state index is -3.49. The smallest absolute Gasteiger partial charge is 0.181 e. The summed E-state index contributed by atoms with van der Waals surface area (Å²) in [5.74, 6) is -0.832. The van der Waals surface area contributed by atoms with Crippen LogP contribution in [0.4, 0.5) is 4.39 Å². The number of nitrogens with two attached hydrogens (primary N) is 1. The highest BCUT2D eigenvalue weighted by molar-refractivity contribution is 7.91. The number of hydrogen-bond acceptors (Lipinski definition) is 3. The third-order valence-corrected chi connectivity index (χ3v) is 3.69. The molecule has 0 spiro atoms. The number of hydrogen-bond donors (Lipinski definition) is 1. The van der Waals surface area contributed by atoms with E-state index in [0.717, 1.165) is 6.07 Å². The van der Waals surface area contributed by atoms with Crippen LogP contribution in [-0.4, -0.2) is 14.2 Å². The molecule has 0 aliphatic carbocycles. The van der Waals surface area contributed by atoms with Crippen molar-refractivity contribution in [1.82, 2.24) is 0 Å².